The van der Waals surface area contributed by atoms with Gasteiger partial charge in [0.15, 0.2) is 5.17 Å². The van der Waals surface area contributed by atoms with Crippen molar-refractivity contribution in [3.05, 3.63) is 59.7 Å². The summed E-state index contributed by atoms with van der Waals surface area (Å²) in [5.41, 5.74) is 7.13. The van der Waals surface area contributed by atoms with Crippen LogP contribution < -0.4 is 5.43 Å². The maximum Gasteiger partial charge on any atom is 0.288 e. The van der Waals surface area contributed by atoms with Crippen LogP contribution in [0, 0.1) is 0 Å². The lowest BCUT2D eigenvalue weighted by Crippen LogP contribution is -2.25. The van der Waals surface area contributed by atoms with Crippen molar-refractivity contribution < 1.29 is 8.78 Å². The average Bonchev–Trinajstić information content (AvgIpc) is 2.69. The molecule has 0 unspecified atom stereocenters. The Kier molecular flexibility index (Phi) is 6.90. The lowest BCUT2D eigenvalue weighted by atomic mass is 9.97. The number of rotatable bonds is 6. The second kappa shape index (κ2) is 9.37. The highest BCUT2D eigenvalue weighted by atomic mass is 32.2. The monoisotopic (exact) mass is 405 g/mol. The molecule has 0 amide bonds. The van der Waals surface area contributed by atoms with E-state index in [1.807, 2.05) is 0 Å². The highest BCUT2D eigenvalue weighted by molar-refractivity contribution is 8.14. The highest BCUT2D eigenvalue weighted by Crippen LogP contribution is 2.27. The number of hydrogen-bond donors (Lipinski definition) is 1. The van der Waals surface area contributed by atoms with Crippen molar-refractivity contribution in [3.63, 3.8) is 0 Å². The van der Waals surface area contributed by atoms with E-state index in [2.05, 4.69) is 53.6 Å². The van der Waals surface area contributed by atoms with Gasteiger partial charge >= 0.3 is 0 Å². The first-order valence-electron chi connectivity index (χ1n) is 8.74. The van der Waals surface area contributed by atoms with Crippen molar-refractivity contribution in [2.24, 2.45) is 10.1 Å². The first-order chi connectivity index (χ1) is 13.0. The molecule has 7 heteroatoms. The van der Waals surface area contributed by atoms with E-state index in [0.29, 0.717) is 33.4 Å². The summed E-state index contributed by atoms with van der Waals surface area (Å²) in [6, 6.07) is 15.3. The molecule has 3 rings (SSSR count). The summed E-state index contributed by atoms with van der Waals surface area (Å²) in [5, 5.41) is 5.14. The normalized spacial score (nSPS) is 16.9. The van der Waals surface area contributed by atoms with Crippen molar-refractivity contribution in [3.8, 4) is 0 Å². The molecule has 27 heavy (non-hydrogen) atoms. The van der Waals surface area contributed by atoms with E-state index in [0.717, 1.165) is 23.4 Å². The predicted molar refractivity (Wildman–Crippen MR) is 113 cm³/mol. The summed E-state index contributed by atoms with van der Waals surface area (Å²) in [7, 11) is 0. The molecule has 1 atom stereocenters. The predicted octanol–water partition coefficient (Wildman–Crippen LogP) is 6.24. The average molecular weight is 406 g/mol. The number of halogens is 2. The number of nitrogens with one attached hydrogen (secondary N) is 1. The maximum absolute atomic E-state index is 12.4. The first-order valence-corrected chi connectivity index (χ1v) is 10.6. The van der Waals surface area contributed by atoms with Gasteiger partial charge in [0, 0.05) is 10.6 Å². The third kappa shape index (κ3) is 5.56. The molecule has 3 nitrogen and oxygen atoms in total. The van der Waals surface area contributed by atoms with E-state index < -0.39 is 5.76 Å². The standard InChI is InChI=1S/C20H21F2N3S2/c1-3-13(2)14-4-6-15(7-5-14)18-12-26-20(25-24-18)23-16-8-10-17(11-9-16)27-19(21)22/h4-11,13,19H,3,12H2,1-2H3,(H,23,25)/t13-/m0/s1. The smallest absolute Gasteiger partial charge is 0.255 e. The number of amidine groups is 1. The lowest BCUT2D eigenvalue weighted by molar-refractivity contribution is 0.252. The molecule has 142 valence electrons. The van der Waals surface area contributed by atoms with E-state index in [9.17, 15) is 8.78 Å². The van der Waals surface area contributed by atoms with Gasteiger partial charge in [-0.25, -0.2) is 4.99 Å². The molecule has 2 aromatic carbocycles. The Balaban J connectivity index is 1.64. The van der Waals surface area contributed by atoms with Crippen LogP contribution in [0.25, 0.3) is 0 Å². The molecule has 1 N–H and O–H groups in total. The number of nitrogens with zero attached hydrogens (tertiary/aromatic N) is 2. The molecule has 0 aromatic heterocycles. The van der Waals surface area contributed by atoms with E-state index in [-0.39, 0.29) is 0 Å². The van der Waals surface area contributed by atoms with Gasteiger partial charge in [-0.2, -0.15) is 13.9 Å². The fourth-order valence-electron chi connectivity index (χ4n) is 2.58. The molecular weight excluding hydrogens is 384 g/mol. The fraction of sp³-hybridized carbons (Fsp3) is 0.300. The van der Waals surface area contributed by atoms with Crippen LogP contribution in [0.4, 0.5) is 14.5 Å². The summed E-state index contributed by atoms with van der Waals surface area (Å²) >= 11 is 2.10. The second-order valence-electron chi connectivity index (χ2n) is 6.18. The van der Waals surface area contributed by atoms with Gasteiger partial charge in [0.25, 0.3) is 5.76 Å². The third-order valence-corrected chi connectivity index (χ3v) is 5.95. The number of hydrazone groups is 1. The molecule has 0 bridgehead atoms. The fourth-order valence-corrected chi connectivity index (χ4v) is 3.86. The number of aliphatic imine (C=N–C) groups is 1. The Morgan fingerprint density at radius 3 is 2.41 bits per heavy atom. The Morgan fingerprint density at radius 1 is 1.15 bits per heavy atom. The van der Waals surface area contributed by atoms with Crippen molar-refractivity contribution in [2.75, 3.05) is 5.75 Å². The number of thioether (sulfide) groups is 2. The van der Waals surface area contributed by atoms with Crippen molar-refractivity contribution >= 4 is 40.1 Å². The molecule has 2 aromatic rings. The number of hydrogen-bond acceptors (Lipinski definition) is 4. The molecular formula is C20H21F2N3S2. The molecule has 0 radical (unpaired) electrons. The summed E-state index contributed by atoms with van der Waals surface area (Å²) < 4.78 is 24.7. The zero-order valence-electron chi connectivity index (χ0n) is 15.2. The van der Waals surface area contributed by atoms with Gasteiger partial charge in [-0.1, -0.05) is 61.6 Å². The summed E-state index contributed by atoms with van der Waals surface area (Å²) in [6.45, 7) is 4.42. The van der Waals surface area contributed by atoms with E-state index >= 15 is 0 Å². The van der Waals surface area contributed by atoms with Crippen LogP contribution in [-0.2, 0) is 0 Å². The minimum atomic E-state index is -2.41. The van der Waals surface area contributed by atoms with Gasteiger partial charge in [-0.15, -0.1) is 0 Å². The third-order valence-electron chi connectivity index (χ3n) is 4.35. The number of alkyl halides is 2. The van der Waals surface area contributed by atoms with Crippen LogP contribution in [0.15, 0.2) is 63.5 Å². The van der Waals surface area contributed by atoms with Crippen LogP contribution >= 0.6 is 23.5 Å². The molecule has 1 heterocycles. The Morgan fingerprint density at radius 2 is 1.85 bits per heavy atom. The van der Waals surface area contributed by atoms with Gasteiger partial charge in [0.1, 0.15) is 0 Å². The van der Waals surface area contributed by atoms with Gasteiger partial charge in [0.2, 0.25) is 0 Å². The van der Waals surface area contributed by atoms with Gasteiger partial charge in [-0.3, -0.25) is 5.43 Å². The summed E-state index contributed by atoms with van der Waals surface area (Å²) in [4.78, 5) is 5.01. The summed E-state index contributed by atoms with van der Waals surface area (Å²) in [6.07, 6.45) is 1.12. The molecule has 1 aliphatic rings. The molecule has 0 saturated carbocycles. The molecule has 0 aliphatic carbocycles. The highest BCUT2D eigenvalue weighted by Gasteiger charge is 2.14. The minimum Gasteiger partial charge on any atom is -0.255 e. The van der Waals surface area contributed by atoms with Gasteiger partial charge in [-0.05, 0) is 47.7 Å². The molecule has 0 fully saturated rings. The number of benzene rings is 2. The Labute approximate surface area is 166 Å². The largest absolute Gasteiger partial charge is 0.288 e. The van der Waals surface area contributed by atoms with E-state index in [1.165, 1.54) is 5.56 Å². The molecule has 0 saturated heterocycles. The van der Waals surface area contributed by atoms with Crippen molar-refractivity contribution in [1.29, 1.82) is 0 Å². The Hall–Kier alpha value is -1.86. The van der Waals surface area contributed by atoms with Crippen molar-refractivity contribution in [2.45, 2.75) is 36.8 Å². The minimum absolute atomic E-state index is 0.527. The van der Waals surface area contributed by atoms with Crippen LogP contribution in [0.2, 0.25) is 0 Å². The zero-order valence-corrected chi connectivity index (χ0v) is 16.8. The van der Waals surface area contributed by atoms with Crippen LogP contribution in [0.5, 0.6) is 0 Å². The SMILES string of the molecule is CC[C@H](C)c1ccc(C2=NNC(=Nc3ccc(SC(F)F)cc3)SC2)cc1. The topological polar surface area (TPSA) is 36.8 Å². The zero-order chi connectivity index (χ0) is 19.2. The van der Waals surface area contributed by atoms with Gasteiger partial charge in [0.05, 0.1) is 11.4 Å². The molecule has 0 spiro atoms. The van der Waals surface area contributed by atoms with Crippen LogP contribution in [-0.4, -0.2) is 22.4 Å². The molecule has 1 aliphatic heterocycles. The lowest BCUT2D eigenvalue weighted by Gasteiger charge is -2.16. The van der Waals surface area contributed by atoms with Crippen molar-refractivity contribution in [1.82, 2.24) is 5.43 Å². The van der Waals surface area contributed by atoms with Gasteiger partial charge < -0.3 is 0 Å². The van der Waals surface area contributed by atoms with E-state index in [1.54, 1.807) is 36.0 Å². The quantitative estimate of drug-likeness (QED) is 0.578. The van der Waals surface area contributed by atoms with Crippen LogP contribution in [0.1, 0.15) is 37.3 Å². The summed E-state index contributed by atoms with van der Waals surface area (Å²) in [5.74, 6) is -1.12. The second-order valence-corrected chi connectivity index (χ2v) is 8.21. The maximum atomic E-state index is 12.4. The Bertz CT molecular complexity index is 818. The first kappa shape index (κ1) is 19.9. The van der Waals surface area contributed by atoms with E-state index in [4.69, 9.17) is 0 Å². The van der Waals surface area contributed by atoms with Crippen LogP contribution in [0.3, 0.4) is 0 Å².